The van der Waals surface area contributed by atoms with Crippen molar-refractivity contribution >= 4 is 23.3 Å². The summed E-state index contributed by atoms with van der Waals surface area (Å²) in [6.45, 7) is 6.27. The fraction of sp³-hybridized carbons (Fsp3) is 0.350. The van der Waals surface area contributed by atoms with Crippen LogP contribution >= 0.6 is 11.6 Å². The van der Waals surface area contributed by atoms with Gasteiger partial charge < -0.3 is 10.1 Å². The molecular formula is C20H21ClN2O2. The minimum Gasteiger partial charge on any atom is -0.467 e. The average Bonchev–Trinajstić information content (AvgIpc) is 2.55. The van der Waals surface area contributed by atoms with Crippen LogP contribution in [0.1, 0.15) is 50.3 Å². The first-order valence-corrected chi connectivity index (χ1v) is 8.94. The van der Waals surface area contributed by atoms with Crippen LogP contribution in [0.3, 0.4) is 0 Å². The molecule has 4 rings (SSSR count). The van der Waals surface area contributed by atoms with E-state index in [-0.39, 0.29) is 12.1 Å². The van der Waals surface area contributed by atoms with E-state index in [0.29, 0.717) is 17.4 Å². The van der Waals surface area contributed by atoms with E-state index in [0.717, 1.165) is 17.0 Å². The lowest BCUT2D eigenvalue weighted by atomic mass is 9.90. The lowest BCUT2D eigenvalue weighted by Crippen LogP contribution is -2.65. The number of urea groups is 1. The Morgan fingerprint density at radius 1 is 1.24 bits per heavy atom. The van der Waals surface area contributed by atoms with E-state index < -0.39 is 5.72 Å². The van der Waals surface area contributed by atoms with Crippen molar-refractivity contribution in [3.05, 3.63) is 58.6 Å². The number of amides is 2. The van der Waals surface area contributed by atoms with Crippen LogP contribution in [0, 0.1) is 0 Å². The maximum atomic E-state index is 12.8. The highest BCUT2D eigenvalue weighted by Gasteiger charge is 2.49. The van der Waals surface area contributed by atoms with Crippen LogP contribution in [0.5, 0.6) is 5.75 Å². The molecule has 5 heteroatoms. The fourth-order valence-corrected chi connectivity index (χ4v) is 3.93. The van der Waals surface area contributed by atoms with E-state index in [1.165, 1.54) is 5.56 Å². The number of hydrogen-bond donors (Lipinski definition) is 1. The van der Waals surface area contributed by atoms with Gasteiger partial charge in [0.2, 0.25) is 0 Å². The second-order valence-electron chi connectivity index (χ2n) is 7.25. The van der Waals surface area contributed by atoms with Gasteiger partial charge in [0.05, 0.1) is 6.04 Å². The molecule has 0 saturated carbocycles. The summed E-state index contributed by atoms with van der Waals surface area (Å²) in [5, 5.41) is 3.74. The summed E-state index contributed by atoms with van der Waals surface area (Å²) in [6.07, 6.45) is 0.665. The zero-order valence-corrected chi connectivity index (χ0v) is 15.3. The van der Waals surface area contributed by atoms with E-state index in [2.05, 4.69) is 31.3 Å². The molecule has 1 N–H and O–H groups in total. The summed E-state index contributed by atoms with van der Waals surface area (Å²) < 4.78 is 6.27. The quantitative estimate of drug-likeness (QED) is 0.800. The Hall–Kier alpha value is -2.20. The van der Waals surface area contributed by atoms with Crippen LogP contribution in [-0.4, -0.2) is 11.8 Å². The summed E-state index contributed by atoms with van der Waals surface area (Å²) in [4.78, 5) is 14.5. The first-order chi connectivity index (χ1) is 11.9. The monoisotopic (exact) mass is 356 g/mol. The van der Waals surface area contributed by atoms with Crippen molar-refractivity contribution in [3.8, 4) is 5.75 Å². The first kappa shape index (κ1) is 16.3. The van der Waals surface area contributed by atoms with Crippen molar-refractivity contribution in [2.24, 2.45) is 0 Å². The number of fused-ring (bicyclic) bond motifs is 4. The predicted octanol–water partition coefficient (Wildman–Crippen LogP) is 5.23. The van der Waals surface area contributed by atoms with Crippen molar-refractivity contribution in [2.45, 2.75) is 44.9 Å². The smallest absolute Gasteiger partial charge is 0.325 e. The molecule has 0 aliphatic carbocycles. The number of halogens is 1. The van der Waals surface area contributed by atoms with E-state index in [1.54, 1.807) is 4.90 Å². The standard InChI is InChI=1S/C20H21ClN2O2/c1-12(2)13-4-7-15(8-5-13)23-19(24)22-17-11-20(23,3)25-18-9-6-14(21)10-16(17)18/h4-10,12,17H,11H2,1-3H3,(H,22,24)/t17?,20-/m0/s1. The normalized spacial score (nSPS) is 24.6. The second-order valence-corrected chi connectivity index (χ2v) is 7.68. The van der Waals surface area contributed by atoms with Crippen molar-refractivity contribution in [3.63, 3.8) is 0 Å². The molecule has 0 aromatic heterocycles. The maximum Gasteiger partial charge on any atom is 0.325 e. The molecule has 4 nitrogen and oxygen atoms in total. The minimum absolute atomic E-state index is 0.0915. The van der Waals surface area contributed by atoms with Gasteiger partial charge in [0.1, 0.15) is 5.75 Å². The van der Waals surface area contributed by atoms with E-state index in [1.807, 2.05) is 37.3 Å². The molecule has 1 fully saturated rings. The number of hydrogen-bond acceptors (Lipinski definition) is 2. The van der Waals surface area contributed by atoms with Crippen molar-refractivity contribution in [1.82, 2.24) is 5.32 Å². The summed E-state index contributed by atoms with van der Waals surface area (Å²) in [5.41, 5.74) is 2.29. The van der Waals surface area contributed by atoms with E-state index in [4.69, 9.17) is 16.3 Å². The number of carbonyl (C=O) groups is 1. The number of carbonyl (C=O) groups excluding carboxylic acids is 1. The number of rotatable bonds is 2. The largest absolute Gasteiger partial charge is 0.467 e. The molecule has 2 bridgehead atoms. The lowest BCUT2D eigenvalue weighted by molar-refractivity contribution is 0.0379. The topological polar surface area (TPSA) is 41.6 Å². The van der Waals surface area contributed by atoms with E-state index in [9.17, 15) is 4.79 Å². The van der Waals surface area contributed by atoms with Crippen LogP contribution in [-0.2, 0) is 0 Å². The highest BCUT2D eigenvalue weighted by atomic mass is 35.5. The lowest BCUT2D eigenvalue weighted by Gasteiger charge is -2.50. The summed E-state index contributed by atoms with van der Waals surface area (Å²) in [6, 6.07) is 13.4. The predicted molar refractivity (Wildman–Crippen MR) is 99.4 cm³/mol. The van der Waals surface area contributed by atoms with Gasteiger partial charge in [0.15, 0.2) is 5.72 Å². The van der Waals surface area contributed by atoms with Gasteiger partial charge in [-0.15, -0.1) is 0 Å². The molecule has 1 unspecified atom stereocenters. The third-order valence-electron chi connectivity index (χ3n) is 5.05. The van der Waals surface area contributed by atoms with Gasteiger partial charge in [0, 0.05) is 22.7 Å². The Labute approximate surface area is 152 Å². The highest BCUT2D eigenvalue weighted by Crippen LogP contribution is 2.46. The fourth-order valence-electron chi connectivity index (χ4n) is 3.74. The number of nitrogens with one attached hydrogen (secondary N) is 1. The second kappa shape index (κ2) is 5.67. The molecule has 2 aromatic carbocycles. The number of nitrogens with zero attached hydrogens (tertiary/aromatic N) is 1. The van der Waals surface area contributed by atoms with Crippen LogP contribution in [0.4, 0.5) is 10.5 Å². The highest BCUT2D eigenvalue weighted by molar-refractivity contribution is 6.30. The molecule has 0 spiro atoms. The Balaban J connectivity index is 1.73. The summed E-state index contributed by atoms with van der Waals surface area (Å²) >= 11 is 6.11. The number of ether oxygens (including phenoxy) is 1. The average molecular weight is 357 g/mol. The van der Waals surface area contributed by atoms with Crippen LogP contribution in [0.25, 0.3) is 0 Å². The molecule has 25 heavy (non-hydrogen) atoms. The molecule has 2 atom stereocenters. The Morgan fingerprint density at radius 3 is 2.64 bits per heavy atom. The molecule has 2 aliphatic heterocycles. The van der Waals surface area contributed by atoms with Gasteiger partial charge in [-0.2, -0.15) is 0 Å². The van der Waals surface area contributed by atoms with Gasteiger partial charge in [-0.3, -0.25) is 4.90 Å². The molecule has 2 aromatic rings. The van der Waals surface area contributed by atoms with Crippen molar-refractivity contribution < 1.29 is 9.53 Å². The van der Waals surface area contributed by atoms with E-state index >= 15 is 0 Å². The Bertz CT molecular complexity index is 834. The van der Waals surface area contributed by atoms with Crippen LogP contribution in [0.15, 0.2) is 42.5 Å². The maximum absolute atomic E-state index is 12.8. The summed E-state index contributed by atoms with van der Waals surface area (Å²) in [5.74, 6) is 1.22. The van der Waals surface area contributed by atoms with Gasteiger partial charge in [-0.1, -0.05) is 37.6 Å². The third-order valence-corrected chi connectivity index (χ3v) is 5.29. The number of anilines is 1. The van der Waals surface area contributed by atoms with Gasteiger partial charge in [-0.05, 0) is 48.7 Å². The molecule has 2 heterocycles. The van der Waals surface area contributed by atoms with Crippen molar-refractivity contribution in [2.75, 3.05) is 4.90 Å². The van der Waals surface area contributed by atoms with Crippen LogP contribution < -0.4 is 15.0 Å². The van der Waals surface area contributed by atoms with Gasteiger partial charge in [0.25, 0.3) is 0 Å². The summed E-state index contributed by atoms with van der Waals surface area (Å²) in [7, 11) is 0. The molecule has 130 valence electrons. The Morgan fingerprint density at radius 2 is 1.96 bits per heavy atom. The first-order valence-electron chi connectivity index (χ1n) is 8.56. The number of benzene rings is 2. The van der Waals surface area contributed by atoms with Crippen molar-refractivity contribution in [1.29, 1.82) is 0 Å². The van der Waals surface area contributed by atoms with Crippen LogP contribution in [0.2, 0.25) is 5.02 Å². The Kier molecular flexibility index (Phi) is 3.69. The minimum atomic E-state index is -0.729. The molecule has 2 amide bonds. The molecular weight excluding hydrogens is 336 g/mol. The zero-order chi connectivity index (χ0) is 17.8. The molecule has 0 radical (unpaired) electrons. The molecule has 2 aliphatic rings. The van der Waals surface area contributed by atoms with Gasteiger partial charge >= 0.3 is 6.03 Å². The molecule has 1 saturated heterocycles. The zero-order valence-electron chi connectivity index (χ0n) is 14.5. The SMILES string of the molecule is CC(C)c1ccc(N2C(=O)NC3C[C@]2(C)Oc2ccc(Cl)cc23)cc1. The van der Waals surface area contributed by atoms with Gasteiger partial charge in [-0.25, -0.2) is 4.79 Å². The third kappa shape index (κ3) is 2.65.